The monoisotopic (exact) mass is 374 g/mol. The van der Waals surface area contributed by atoms with E-state index in [0.29, 0.717) is 16.6 Å². The van der Waals surface area contributed by atoms with Crippen molar-refractivity contribution in [2.24, 2.45) is 0 Å². The zero-order valence-corrected chi connectivity index (χ0v) is 15.3. The summed E-state index contributed by atoms with van der Waals surface area (Å²) in [6.45, 7) is 9.69. The Morgan fingerprint density at radius 1 is 1.36 bits per heavy atom. The number of rotatable bonds is 5. The van der Waals surface area contributed by atoms with Crippen molar-refractivity contribution in [2.45, 2.75) is 52.3 Å². The van der Waals surface area contributed by atoms with Gasteiger partial charge in [0, 0.05) is 28.7 Å². The van der Waals surface area contributed by atoms with E-state index < -0.39 is 11.7 Å². The highest BCUT2D eigenvalue weighted by molar-refractivity contribution is 9.10. The van der Waals surface area contributed by atoms with Crippen LogP contribution in [0.25, 0.3) is 0 Å². The maximum atomic E-state index is 13.9. The van der Waals surface area contributed by atoms with E-state index in [1.54, 1.807) is 12.1 Å². The van der Waals surface area contributed by atoms with Crippen molar-refractivity contribution in [2.75, 3.05) is 6.54 Å². The molecule has 0 aromatic heterocycles. The fourth-order valence-electron chi connectivity index (χ4n) is 1.88. The summed E-state index contributed by atoms with van der Waals surface area (Å²) < 4.78 is 19.8. The highest BCUT2D eigenvalue weighted by Gasteiger charge is 2.18. The second-order valence-electron chi connectivity index (χ2n) is 6.34. The van der Waals surface area contributed by atoms with Crippen LogP contribution in [-0.4, -0.2) is 24.3 Å². The Morgan fingerprint density at radius 2 is 2.00 bits per heavy atom. The summed E-state index contributed by atoms with van der Waals surface area (Å²) in [7, 11) is 0. The quantitative estimate of drug-likeness (QED) is 0.813. The average molecular weight is 375 g/mol. The SMILES string of the molecule is CC(CNC(C)c1ccc(Br)cc1F)NC(=O)OC(C)(C)C. The summed E-state index contributed by atoms with van der Waals surface area (Å²) in [4.78, 5) is 11.6. The number of carbonyl (C=O) groups is 1. The molecule has 1 aromatic rings. The summed E-state index contributed by atoms with van der Waals surface area (Å²) in [6, 6.07) is 4.70. The van der Waals surface area contributed by atoms with E-state index in [-0.39, 0.29) is 17.9 Å². The van der Waals surface area contributed by atoms with E-state index in [0.717, 1.165) is 0 Å². The number of hydrogen-bond acceptors (Lipinski definition) is 3. The Balaban J connectivity index is 2.46. The second-order valence-corrected chi connectivity index (χ2v) is 7.26. The molecule has 0 bridgehead atoms. The normalized spacial score (nSPS) is 14.3. The first-order valence-electron chi connectivity index (χ1n) is 7.26. The predicted molar refractivity (Wildman–Crippen MR) is 89.3 cm³/mol. The molecule has 2 atom stereocenters. The van der Waals surface area contributed by atoms with Crippen LogP contribution in [0.2, 0.25) is 0 Å². The van der Waals surface area contributed by atoms with Crippen LogP contribution in [-0.2, 0) is 4.74 Å². The van der Waals surface area contributed by atoms with Gasteiger partial charge in [0.2, 0.25) is 0 Å². The summed E-state index contributed by atoms with van der Waals surface area (Å²) in [5, 5.41) is 5.94. The first-order valence-corrected chi connectivity index (χ1v) is 8.05. The number of halogens is 2. The Morgan fingerprint density at radius 3 is 2.55 bits per heavy atom. The van der Waals surface area contributed by atoms with Gasteiger partial charge in [-0.15, -0.1) is 0 Å². The lowest BCUT2D eigenvalue weighted by molar-refractivity contribution is 0.0507. The van der Waals surface area contributed by atoms with Crippen LogP contribution >= 0.6 is 15.9 Å². The van der Waals surface area contributed by atoms with Gasteiger partial charge in [0.25, 0.3) is 0 Å². The molecule has 2 N–H and O–H groups in total. The molecular weight excluding hydrogens is 351 g/mol. The molecule has 4 nitrogen and oxygen atoms in total. The average Bonchev–Trinajstić information content (AvgIpc) is 2.33. The van der Waals surface area contributed by atoms with E-state index in [9.17, 15) is 9.18 Å². The molecule has 0 aliphatic rings. The van der Waals surface area contributed by atoms with Gasteiger partial charge >= 0.3 is 6.09 Å². The zero-order valence-electron chi connectivity index (χ0n) is 13.7. The van der Waals surface area contributed by atoms with Gasteiger partial charge < -0.3 is 15.4 Å². The first kappa shape index (κ1) is 18.9. The number of ether oxygens (including phenoxy) is 1. The topological polar surface area (TPSA) is 50.4 Å². The summed E-state index contributed by atoms with van der Waals surface area (Å²) in [6.07, 6.45) is -0.454. The number of hydrogen-bond donors (Lipinski definition) is 2. The molecule has 0 aliphatic heterocycles. The lowest BCUT2D eigenvalue weighted by atomic mass is 10.1. The van der Waals surface area contributed by atoms with Crippen molar-refractivity contribution in [3.05, 3.63) is 34.1 Å². The van der Waals surface area contributed by atoms with Crippen molar-refractivity contribution < 1.29 is 13.9 Å². The molecule has 0 spiro atoms. The van der Waals surface area contributed by atoms with Gasteiger partial charge in [-0.05, 0) is 46.8 Å². The van der Waals surface area contributed by atoms with Gasteiger partial charge in [0.1, 0.15) is 11.4 Å². The molecule has 0 fully saturated rings. The smallest absolute Gasteiger partial charge is 0.407 e. The van der Waals surface area contributed by atoms with Crippen LogP contribution < -0.4 is 10.6 Å². The van der Waals surface area contributed by atoms with Crippen molar-refractivity contribution >= 4 is 22.0 Å². The number of alkyl carbamates (subject to hydrolysis) is 1. The third-order valence-electron chi connectivity index (χ3n) is 2.92. The zero-order chi connectivity index (χ0) is 16.9. The van der Waals surface area contributed by atoms with Crippen LogP contribution in [0.1, 0.15) is 46.2 Å². The predicted octanol–water partition coefficient (Wildman–Crippen LogP) is 4.15. The minimum Gasteiger partial charge on any atom is -0.444 e. The van der Waals surface area contributed by atoms with Gasteiger partial charge in [0.15, 0.2) is 0 Å². The maximum absolute atomic E-state index is 13.9. The van der Waals surface area contributed by atoms with Crippen LogP contribution in [0.15, 0.2) is 22.7 Å². The summed E-state index contributed by atoms with van der Waals surface area (Å²) in [5.41, 5.74) is 0.0677. The summed E-state index contributed by atoms with van der Waals surface area (Å²) in [5.74, 6) is -0.262. The highest BCUT2D eigenvalue weighted by Crippen LogP contribution is 2.20. The molecule has 0 aliphatic carbocycles. The van der Waals surface area contributed by atoms with E-state index >= 15 is 0 Å². The number of carbonyl (C=O) groups excluding carboxylic acids is 1. The standard InChI is InChI=1S/C16H24BrFN2O2/c1-10(20-15(21)22-16(3,4)5)9-19-11(2)13-7-6-12(17)8-14(13)18/h6-8,10-11,19H,9H2,1-5H3,(H,20,21). The third-order valence-corrected chi connectivity index (χ3v) is 3.42. The van der Waals surface area contributed by atoms with E-state index in [1.165, 1.54) is 6.07 Å². The van der Waals surface area contributed by atoms with Crippen molar-refractivity contribution in [3.8, 4) is 0 Å². The molecule has 0 heterocycles. The largest absolute Gasteiger partial charge is 0.444 e. The van der Waals surface area contributed by atoms with E-state index in [4.69, 9.17) is 4.74 Å². The van der Waals surface area contributed by atoms with Crippen LogP contribution in [0.5, 0.6) is 0 Å². The van der Waals surface area contributed by atoms with Gasteiger partial charge in [-0.2, -0.15) is 0 Å². The third kappa shape index (κ3) is 6.75. The molecule has 1 rings (SSSR count). The molecule has 1 aromatic carbocycles. The number of nitrogens with one attached hydrogen (secondary N) is 2. The molecule has 22 heavy (non-hydrogen) atoms. The van der Waals surface area contributed by atoms with Crippen molar-refractivity contribution in [3.63, 3.8) is 0 Å². The second kappa shape index (κ2) is 7.92. The molecule has 2 unspecified atom stereocenters. The van der Waals surface area contributed by atoms with Gasteiger partial charge in [0.05, 0.1) is 0 Å². The van der Waals surface area contributed by atoms with Crippen LogP contribution in [0, 0.1) is 5.82 Å². The Labute approximate surface area is 139 Å². The number of benzene rings is 1. The van der Waals surface area contributed by atoms with Crippen molar-refractivity contribution in [1.29, 1.82) is 0 Å². The minimum absolute atomic E-state index is 0.129. The van der Waals surface area contributed by atoms with E-state index in [1.807, 2.05) is 34.6 Å². The lowest BCUT2D eigenvalue weighted by Crippen LogP contribution is -2.43. The molecular formula is C16H24BrFN2O2. The van der Waals surface area contributed by atoms with Crippen molar-refractivity contribution in [1.82, 2.24) is 10.6 Å². The Hall–Kier alpha value is -1.14. The molecule has 124 valence electrons. The molecule has 0 saturated heterocycles. The highest BCUT2D eigenvalue weighted by atomic mass is 79.9. The van der Waals surface area contributed by atoms with E-state index in [2.05, 4.69) is 26.6 Å². The van der Waals surface area contributed by atoms with Gasteiger partial charge in [-0.1, -0.05) is 22.0 Å². The Bertz CT molecular complexity index is 517. The summed E-state index contributed by atoms with van der Waals surface area (Å²) >= 11 is 3.24. The fourth-order valence-corrected chi connectivity index (χ4v) is 2.21. The number of amides is 1. The Kier molecular flexibility index (Phi) is 6.81. The molecule has 1 amide bonds. The maximum Gasteiger partial charge on any atom is 0.407 e. The van der Waals surface area contributed by atoms with Gasteiger partial charge in [-0.3, -0.25) is 0 Å². The van der Waals surface area contributed by atoms with Crippen LogP contribution in [0.3, 0.4) is 0 Å². The lowest BCUT2D eigenvalue weighted by Gasteiger charge is -2.23. The first-order chi connectivity index (χ1) is 10.1. The van der Waals surface area contributed by atoms with Crippen LogP contribution in [0.4, 0.5) is 9.18 Å². The van der Waals surface area contributed by atoms with Gasteiger partial charge in [-0.25, -0.2) is 9.18 Å². The molecule has 0 radical (unpaired) electrons. The molecule has 6 heteroatoms. The molecule has 0 saturated carbocycles. The fraction of sp³-hybridized carbons (Fsp3) is 0.562. The minimum atomic E-state index is -0.523.